The first kappa shape index (κ1) is 19.2. The fourth-order valence-electron chi connectivity index (χ4n) is 4.16. The summed E-state index contributed by atoms with van der Waals surface area (Å²) in [7, 11) is 4.33. The standard InChI is InChI=1S/C20H25N5O2S2/c1-25(2)13-3-5-14(6-4-13)27-18-17-15-7-8-26-10-16(15)29-19(17)24-20(23-18)22-12-9-21-28-11-12/h9,11,13-14H,3-8,10H2,1-2H3,(H,22,23,24). The minimum atomic E-state index is 0.204. The van der Waals surface area contributed by atoms with Gasteiger partial charge in [0.05, 0.1) is 30.5 Å². The molecule has 0 spiro atoms. The Morgan fingerprint density at radius 1 is 1.21 bits per heavy atom. The number of aromatic nitrogens is 3. The minimum Gasteiger partial charge on any atom is -0.474 e. The predicted molar refractivity (Wildman–Crippen MR) is 117 cm³/mol. The summed E-state index contributed by atoms with van der Waals surface area (Å²) >= 11 is 3.09. The second kappa shape index (κ2) is 8.14. The molecule has 1 saturated carbocycles. The number of ether oxygens (including phenoxy) is 2. The highest BCUT2D eigenvalue weighted by Gasteiger charge is 2.27. The maximum absolute atomic E-state index is 6.52. The molecule has 29 heavy (non-hydrogen) atoms. The Bertz CT molecular complexity index is 981. The van der Waals surface area contributed by atoms with E-state index in [4.69, 9.17) is 19.4 Å². The molecule has 0 atom stereocenters. The Morgan fingerprint density at radius 2 is 2.07 bits per heavy atom. The SMILES string of the molecule is CN(C)C1CCC(Oc2nc(Nc3cnsc3)nc3sc4c(c23)CCOC4)CC1. The maximum atomic E-state index is 6.52. The number of anilines is 2. The van der Waals surface area contributed by atoms with E-state index in [-0.39, 0.29) is 6.10 Å². The second-order valence-corrected chi connectivity index (χ2v) is 9.63. The van der Waals surface area contributed by atoms with Crippen LogP contribution in [0.3, 0.4) is 0 Å². The molecule has 1 fully saturated rings. The van der Waals surface area contributed by atoms with Crippen molar-refractivity contribution in [2.75, 3.05) is 26.0 Å². The van der Waals surface area contributed by atoms with Gasteiger partial charge in [-0.3, -0.25) is 0 Å². The van der Waals surface area contributed by atoms with Gasteiger partial charge in [-0.05, 0) is 63.3 Å². The van der Waals surface area contributed by atoms with E-state index in [1.807, 2.05) is 5.38 Å². The van der Waals surface area contributed by atoms with E-state index in [0.29, 0.717) is 24.5 Å². The number of hydrogen-bond acceptors (Lipinski definition) is 9. The van der Waals surface area contributed by atoms with Crippen LogP contribution in [0, 0.1) is 0 Å². The molecule has 2 aliphatic rings. The molecule has 0 aromatic carbocycles. The quantitative estimate of drug-likeness (QED) is 0.648. The minimum absolute atomic E-state index is 0.204. The summed E-state index contributed by atoms with van der Waals surface area (Å²) in [5, 5.41) is 6.30. The van der Waals surface area contributed by atoms with E-state index >= 15 is 0 Å². The molecule has 3 aromatic rings. The number of thiophene rings is 1. The molecular formula is C20H25N5O2S2. The van der Waals surface area contributed by atoms with Crippen molar-refractivity contribution in [2.45, 2.75) is 50.9 Å². The molecule has 7 nitrogen and oxygen atoms in total. The van der Waals surface area contributed by atoms with Crippen LogP contribution in [0.2, 0.25) is 0 Å². The molecule has 4 heterocycles. The second-order valence-electron chi connectivity index (χ2n) is 7.89. The van der Waals surface area contributed by atoms with Crippen molar-refractivity contribution in [2.24, 2.45) is 0 Å². The predicted octanol–water partition coefficient (Wildman–Crippen LogP) is 4.22. The largest absolute Gasteiger partial charge is 0.474 e. The molecule has 0 radical (unpaired) electrons. The summed E-state index contributed by atoms with van der Waals surface area (Å²) in [5.41, 5.74) is 2.20. The third-order valence-corrected chi connectivity index (χ3v) is 7.46. The highest BCUT2D eigenvalue weighted by atomic mass is 32.1. The van der Waals surface area contributed by atoms with E-state index < -0.39 is 0 Å². The van der Waals surface area contributed by atoms with Gasteiger partial charge in [-0.2, -0.15) is 9.36 Å². The van der Waals surface area contributed by atoms with Gasteiger partial charge in [0, 0.05) is 16.3 Å². The molecule has 0 unspecified atom stereocenters. The third kappa shape index (κ3) is 3.96. The fraction of sp³-hybridized carbons (Fsp3) is 0.550. The van der Waals surface area contributed by atoms with Crippen molar-refractivity contribution < 1.29 is 9.47 Å². The van der Waals surface area contributed by atoms with Gasteiger partial charge in [-0.25, -0.2) is 4.98 Å². The Morgan fingerprint density at radius 3 is 2.83 bits per heavy atom. The van der Waals surface area contributed by atoms with Crippen LogP contribution in [0.5, 0.6) is 5.88 Å². The molecule has 1 aliphatic carbocycles. The first-order valence-corrected chi connectivity index (χ1v) is 11.7. The fourth-order valence-corrected chi connectivity index (χ4v) is 5.78. The monoisotopic (exact) mass is 431 g/mol. The van der Waals surface area contributed by atoms with Crippen LogP contribution in [0.1, 0.15) is 36.1 Å². The van der Waals surface area contributed by atoms with Crippen molar-refractivity contribution in [3.63, 3.8) is 0 Å². The van der Waals surface area contributed by atoms with Gasteiger partial charge in [0.1, 0.15) is 10.9 Å². The Kier molecular flexibility index (Phi) is 5.38. The summed E-state index contributed by atoms with van der Waals surface area (Å²) in [6.45, 7) is 1.40. The van der Waals surface area contributed by atoms with Crippen molar-refractivity contribution in [1.82, 2.24) is 19.2 Å². The highest BCUT2D eigenvalue weighted by Crippen LogP contribution is 2.40. The first-order chi connectivity index (χ1) is 14.2. The third-order valence-electron chi connectivity index (χ3n) is 5.77. The maximum Gasteiger partial charge on any atom is 0.231 e. The number of nitrogens with zero attached hydrogens (tertiary/aromatic N) is 4. The Labute approximate surface area is 178 Å². The number of nitrogens with one attached hydrogen (secondary N) is 1. The van der Waals surface area contributed by atoms with Crippen LogP contribution in [0.4, 0.5) is 11.6 Å². The van der Waals surface area contributed by atoms with Crippen LogP contribution in [0.15, 0.2) is 11.6 Å². The Hall–Kier alpha value is -1.81. The average Bonchev–Trinajstić information content (AvgIpc) is 3.35. The van der Waals surface area contributed by atoms with E-state index in [0.717, 1.165) is 54.6 Å². The van der Waals surface area contributed by atoms with Crippen molar-refractivity contribution in [1.29, 1.82) is 0 Å². The average molecular weight is 432 g/mol. The van der Waals surface area contributed by atoms with Crippen LogP contribution < -0.4 is 10.1 Å². The molecule has 1 N–H and O–H groups in total. The molecule has 0 amide bonds. The zero-order valence-corrected chi connectivity index (χ0v) is 18.3. The van der Waals surface area contributed by atoms with Crippen LogP contribution in [-0.2, 0) is 17.8 Å². The van der Waals surface area contributed by atoms with Crippen LogP contribution in [-0.4, -0.2) is 52.1 Å². The van der Waals surface area contributed by atoms with Crippen molar-refractivity contribution in [3.8, 4) is 5.88 Å². The lowest BCUT2D eigenvalue weighted by Gasteiger charge is -2.32. The molecular weight excluding hydrogens is 406 g/mol. The van der Waals surface area contributed by atoms with Gasteiger partial charge in [0.25, 0.3) is 0 Å². The van der Waals surface area contributed by atoms with Gasteiger partial charge in [-0.1, -0.05) is 0 Å². The molecule has 9 heteroatoms. The van der Waals surface area contributed by atoms with Gasteiger partial charge in [-0.15, -0.1) is 11.3 Å². The van der Waals surface area contributed by atoms with Gasteiger partial charge in [0.2, 0.25) is 11.8 Å². The number of fused-ring (bicyclic) bond motifs is 3. The molecule has 5 rings (SSSR count). The van der Waals surface area contributed by atoms with E-state index in [9.17, 15) is 0 Å². The summed E-state index contributed by atoms with van der Waals surface area (Å²) in [6, 6.07) is 0.648. The zero-order chi connectivity index (χ0) is 19.8. The lowest BCUT2D eigenvalue weighted by molar-refractivity contribution is 0.108. The number of hydrogen-bond donors (Lipinski definition) is 1. The first-order valence-electron chi connectivity index (χ1n) is 10.1. The van der Waals surface area contributed by atoms with Crippen LogP contribution in [0.25, 0.3) is 10.2 Å². The lowest BCUT2D eigenvalue weighted by Crippen LogP contribution is -2.35. The Balaban J connectivity index is 1.47. The summed E-state index contributed by atoms with van der Waals surface area (Å²) in [5.74, 6) is 1.28. The van der Waals surface area contributed by atoms with E-state index in [1.54, 1.807) is 17.5 Å². The molecule has 0 bridgehead atoms. The number of rotatable bonds is 5. The highest BCUT2D eigenvalue weighted by molar-refractivity contribution is 7.18. The van der Waals surface area contributed by atoms with E-state index in [1.165, 1.54) is 22.0 Å². The smallest absolute Gasteiger partial charge is 0.231 e. The lowest BCUT2D eigenvalue weighted by atomic mass is 9.92. The van der Waals surface area contributed by atoms with Gasteiger partial charge < -0.3 is 19.7 Å². The van der Waals surface area contributed by atoms with Gasteiger partial charge >= 0.3 is 0 Å². The summed E-state index contributed by atoms with van der Waals surface area (Å²) in [4.78, 5) is 14.1. The van der Waals surface area contributed by atoms with Crippen molar-refractivity contribution >= 4 is 44.7 Å². The summed E-state index contributed by atoms with van der Waals surface area (Å²) < 4.78 is 16.3. The normalized spacial score (nSPS) is 22.0. The molecule has 0 saturated heterocycles. The zero-order valence-electron chi connectivity index (χ0n) is 16.7. The van der Waals surface area contributed by atoms with Crippen molar-refractivity contribution in [3.05, 3.63) is 22.0 Å². The molecule has 1 aliphatic heterocycles. The summed E-state index contributed by atoms with van der Waals surface area (Å²) in [6.07, 6.45) is 7.32. The molecule has 3 aromatic heterocycles. The van der Waals surface area contributed by atoms with Gasteiger partial charge in [0.15, 0.2) is 0 Å². The van der Waals surface area contributed by atoms with Crippen LogP contribution >= 0.6 is 22.9 Å². The molecule has 154 valence electrons. The topological polar surface area (TPSA) is 72.4 Å². The van der Waals surface area contributed by atoms with E-state index in [2.05, 4.69) is 28.7 Å².